The minimum atomic E-state index is -0.687. The van der Waals surface area contributed by atoms with Gasteiger partial charge in [0.1, 0.15) is 12.3 Å². The van der Waals surface area contributed by atoms with E-state index < -0.39 is 6.04 Å². The lowest BCUT2D eigenvalue weighted by Gasteiger charge is -2.15. The lowest BCUT2D eigenvalue weighted by molar-refractivity contribution is -0.109. The Kier molecular flexibility index (Phi) is 4.00. The van der Waals surface area contributed by atoms with Gasteiger partial charge in [-0.1, -0.05) is 6.07 Å². The summed E-state index contributed by atoms with van der Waals surface area (Å²) in [6, 6.07) is 4.60. The van der Waals surface area contributed by atoms with Crippen LogP contribution in [0.2, 0.25) is 0 Å². The molecular weight excluding hydrogens is 284 g/mol. The van der Waals surface area contributed by atoms with Crippen molar-refractivity contribution in [2.24, 2.45) is 5.92 Å². The third kappa shape index (κ3) is 2.90. The number of benzene rings is 1. The van der Waals surface area contributed by atoms with E-state index >= 15 is 0 Å². The molecule has 1 saturated carbocycles. The highest BCUT2D eigenvalue weighted by molar-refractivity contribution is 5.63. The number of aromatic nitrogens is 2. The molecule has 1 aromatic heterocycles. The van der Waals surface area contributed by atoms with Gasteiger partial charge in [0.15, 0.2) is 11.5 Å². The van der Waals surface area contributed by atoms with Crippen molar-refractivity contribution in [3.8, 4) is 11.5 Å². The second-order valence-electron chi connectivity index (χ2n) is 5.42. The smallest absolute Gasteiger partial charge is 0.326 e. The Hall–Kier alpha value is -2.50. The molecule has 0 aliphatic heterocycles. The quantitative estimate of drug-likeness (QED) is 0.791. The van der Waals surface area contributed by atoms with E-state index in [0.29, 0.717) is 29.6 Å². The summed E-state index contributed by atoms with van der Waals surface area (Å²) in [7, 11) is 1.58. The van der Waals surface area contributed by atoms with E-state index in [0.717, 1.165) is 6.29 Å². The number of aromatic amines is 1. The predicted octanol–water partition coefficient (Wildman–Crippen LogP) is 1.76. The highest BCUT2D eigenvalue weighted by atomic mass is 16.5. The molecule has 1 N–H and O–H groups in total. The van der Waals surface area contributed by atoms with Crippen LogP contribution in [-0.2, 0) is 4.79 Å². The average molecular weight is 302 g/mol. The van der Waals surface area contributed by atoms with E-state index in [1.807, 2.05) is 0 Å². The van der Waals surface area contributed by atoms with Crippen LogP contribution in [0, 0.1) is 5.92 Å². The monoisotopic (exact) mass is 302 g/mol. The van der Waals surface area contributed by atoms with Gasteiger partial charge in [-0.2, -0.15) is 0 Å². The molecule has 1 aliphatic rings. The lowest BCUT2D eigenvalue weighted by Crippen LogP contribution is -2.23. The molecule has 6 nitrogen and oxygen atoms in total. The first-order chi connectivity index (χ1) is 10.7. The number of aldehydes is 1. The molecule has 1 fully saturated rings. The number of imidazole rings is 1. The molecule has 0 bridgehead atoms. The third-order valence-electron chi connectivity index (χ3n) is 3.81. The Bertz CT molecular complexity index is 715. The van der Waals surface area contributed by atoms with E-state index in [2.05, 4.69) is 4.98 Å². The maximum absolute atomic E-state index is 11.7. The lowest BCUT2D eigenvalue weighted by atomic mass is 10.1. The Labute approximate surface area is 127 Å². The number of hydrogen-bond donors (Lipinski definition) is 1. The number of methoxy groups -OCH3 is 1. The van der Waals surface area contributed by atoms with Crippen LogP contribution in [0.15, 0.2) is 35.4 Å². The normalized spacial score (nSPS) is 15.3. The topological polar surface area (TPSA) is 73.3 Å². The second-order valence-corrected chi connectivity index (χ2v) is 5.42. The zero-order chi connectivity index (χ0) is 15.5. The molecule has 116 valence electrons. The van der Waals surface area contributed by atoms with E-state index in [-0.39, 0.29) is 5.69 Å². The molecule has 1 atom stereocenters. The second kappa shape index (κ2) is 6.09. The van der Waals surface area contributed by atoms with Gasteiger partial charge < -0.3 is 19.3 Å². The van der Waals surface area contributed by atoms with Crippen molar-refractivity contribution < 1.29 is 14.3 Å². The molecule has 1 unspecified atom stereocenters. The van der Waals surface area contributed by atoms with E-state index in [1.54, 1.807) is 31.5 Å². The van der Waals surface area contributed by atoms with Gasteiger partial charge in [-0.15, -0.1) is 0 Å². The zero-order valence-corrected chi connectivity index (χ0v) is 12.3. The zero-order valence-electron chi connectivity index (χ0n) is 12.3. The van der Waals surface area contributed by atoms with Crippen molar-refractivity contribution in [1.29, 1.82) is 0 Å². The van der Waals surface area contributed by atoms with Gasteiger partial charge in [-0.05, 0) is 36.5 Å². The Morgan fingerprint density at radius 1 is 1.41 bits per heavy atom. The SMILES string of the molecule is COc1ccc(C(C=O)n2cc[nH]c2=O)cc1OCC1CC1. The summed E-state index contributed by atoms with van der Waals surface area (Å²) in [5.41, 5.74) is 0.358. The highest BCUT2D eigenvalue weighted by Crippen LogP contribution is 2.34. The van der Waals surface area contributed by atoms with Crippen LogP contribution in [0.25, 0.3) is 0 Å². The molecule has 6 heteroatoms. The first-order valence-electron chi connectivity index (χ1n) is 7.24. The largest absolute Gasteiger partial charge is 0.493 e. The number of nitrogens with one attached hydrogen (secondary N) is 1. The predicted molar refractivity (Wildman–Crippen MR) is 80.5 cm³/mol. The number of ether oxygens (including phenoxy) is 2. The van der Waals surface area contributed by atoms with Gasteiger partial charge in [0.05, 0.1) is 13.7 Å². The maximum Gasteiger partial charge on any atom is 0.326 e. The summed E-state index contributed by atoms with van der Waals surface area (Å²) >= 11 is 0. The van der Waals surface area contributed by atoms with Crippen LogP contribution in [-0.4, -0.2) is 29.6 Å². The Balaban J connectivity index is 1.91. The van der Waals surface area contributed by atoms with E-state index in [4.69, 9.17) is 9.47 Å². The molecule has 1 heterocycles. The fraction of sp³-hybridized carbons (Fsp3) is 0.375. The number of carbonyl (C=O) groups is 1. The number of rotatable bonds is 7. The van der Waals surface area contributed by atoms with Crippen molar-refractivity contribution in [2.75, 3.05) is 13.7 Å². The van der Waals surface area contributed by atoms with Crippen LogP contribution in [0.4, 0.5) is 0 Å². The van der Waals surface area contributed by atoms with Crippen molar-refractivity contribution in [3.05, 3.63) is 46.6 Å². The fourth-order valence-corrected chi connectivity index (χ4v) is 2.34. The molecular formula is C16H18N2O4. The summed E-state index contributed by atoms with van der Waals surface area (Å²) in [6.45, 7) is 0.648. The molecule has 2 aromatic rings. The summed E-state index contributed by atoms with van der Waals surface area (Å²) in [6.07, 6.45) is 6.18. The van der Waals surface area contributed by atoms with E-state index in [1.165, 1.54) is 23.6 Å². The van der Waals surface area contributed by atoms with E-state index in [9.17, 15) is 9.59 Å². The third-order valence-corrected chi connectivity index (χ3v) is 3.81. The maximum atomic E-state index is 11.7. The summed E-state index contributed by atoms with van der Waals surface area (Å²) in [4.78, 5) is 25.7. The molecule has 0 amide bonds. The molecule has 1 aromatic carbocycles. The van der Waals surface area contributed by atoms with Gasteiger partial charge in [-0.25, -0.2) is 4.79 Å². The summed E-state index contributed by atoms with van der Waals surface area (Å²) < 4.78 is 12.4. The molecule has 3 rings (SSSR count). The standard InChI is InChI=1S/C16H18N2O4/c1-21-14-5-4-12(8-15(14)22-10-11-2-3-11)13(9-19)18-7-6-17-16(18)20/h4-9,11,13H,2-3,10H2,1H3,(H,17,20). The van der Waals surface area contributed by atoms with Crippen molar-refractivity contribution in [1.82, 2.24) is 9.55 Å². The fourth-order valence-electron chi connectivity index (χ4n) is 2.34. The van der Waals surface area contributed by atoms with Crippen molar-refractivity contribution in [2.45, 2.75) is 18.9 Å². The molecule has 22 heavy (non-hydrogen) atoms. The van der Waals surface area contributed by atoms with Gasteiger partial charge in [0.25, 0.3) is 0 Å². The highest BCUT2D eigenvalue weighted by Gasteiger charge is 2.23. The molecule has 0 radical (unpaired) electrons. The van der Waals surface area contributed by atoms with Crippen molar-refractivity contribution >= 4 is 6.29 Å². The van der Waals surface area contributed by atoms with Crippen LogP contribution < -0.4 is 15.2 Å². The van der Waals surface area contributed by atoms with Crippen molar-refractivity contribution in [3.63, 3.8) is 0 Å². The van der Waals surface area contributed by atoms with Crippen LogP contribution >= 0.6 is 0 Å². The van der Waals surface area contributed by atoms with Gasteiger partial charge >= 0.3 is 5.69 Å². The first-order valence-corrected chi connectivity index (χ1v) is 7.24. The molecule has 0 spiro atoms. The molecule has 0 saturated heterocycles. The van der Waals surface area contributed by atoms with Crippen LogP contribution in [0.5, 0.6) is 11.5 Å². The number of carbonyl (C=O) groups excluding carboxylic acids is 1. The average Bonchev–Trinajstić information content (AvgIpc) is 3.28. The number of H-pyrrole nitrogens is 1. The summed E-state index contributed by atoms with van der Waals surface area (Å²) in [5.74, 6) is 1.83. The first kappa shape index (κ1) is 14.4. The van der Waals surface area contributed by atoms with Crippen LogP contribution in [0.1, 0.15) is 24.4 Å². The molecule has 1 aliphatic carbocycles. The van der Waals surface area contributed by atoms with Crippen LogP contribution in [0.3, 0.4) is 0 Å². The Morgan fingerprint density at radius 2 is 2.23 bits per heavy atom. The van der Waals surface area contributed by atoms with Gasteiger partial charge in [-0.3, -0.25) is 4.57 Å². The summed E-state index contributed by atoms with van der Waals surface area (Å²) in [5, 5.41) is 0. The number of nitrogens with zero attached hydrogens (tertiary/aromatic N) is 1. The minimum absolute atomic E-state index is 0.326. The Morgan fingerprint density at radius 3 is 2.82 bits per heavy atom. The van der Waals surface area contributed by atoms with Gasteiger partial charge in [0, 0.05) is 12.4 Å². The number of hydrogen-bond acceptors (Lipinski definition) is 4. The van der Waals surface area contributed by atoms with Gasteiger partial charge in [0.2, 0.25) is 0 Å². The minimum Gasteiger partial charge on any atom is -0.493 e.